The summed E-state index contributed by atoms with van der Waals surface area (Å²) in [7, 11) is 0. The Hall–Kier alpha value is -1.35. The van der Waals surface area contributed by atoms with E-state index in [1.54, 1.807) is 0 Å². The molecule has 0 unspecified atom stereocenters. The molecule has 2 aliphatic rings. The fourth-order valence-electron chi connectivity index (χ4n) is 4.91. The molecule has 0 amide bonds. The van der Waals surface area contributed by atoms with Crippen LogP contribution >= 0.6 is 0 Å². The van der Waals surface area contributed by atoms with Crippen molar-refractivity contribution < 1.29 is 15.0 Å². The van der Waals surface area contributed by atoms with E-state index in [-0.39, 0.29) is 40.3 Å². The van der Waals surface area contributed by atoms with Gasteiger partial charge in [-0.3, -0.25) is 4.79 Å². The standard InChI is InChI=1S/C20H28O3/c1-11(2)12-8-13-14(9-15(12)21)20(5)7-6-18(23)19(3,4)17(20)10-16(13)22/h8-9,11,17-18,21,23H,6-7,10H2,1-5H3/t17-,18-,20+/m0/s1. The predicted octanol–water partition coefficient (Wildman–Crippen LogP) is 4.16. The summed E-state index contributed by atoms with van der Waals surface area (Å²) < 4.78 is 0. The summed E-state index contributed by atoms with van der Waals surface area (Å²) in [6, 6.07) is 3.72. The lowest BCUT2D eigenvalue weighted by atomic mass is 9.49. The number of ketones is 1. The van der Waals surface area contributed by atoms with Crippen LogP contribution in [0.1, 0.15) is 81.3 Å². The van der Waals surface area contributed by atoms with Gasteiger partial charge in [-0.2, -0.15) is 0 Å². The Morgan fingerprint density at radius 2 is 1.87 bits per heavy atom. The third kappa shape index (κ3) is 2.24. The lowest BCUT2D eigenvalue weighted by Crippen LogP contribution is -2.54. The summed E-state index contributed by atoms with van der Waals surface area (Å²) in [5.41, 5.74) is 2.12. The molecule has 0 aromatic heterocycles. The number of hydrogen-bond acceptors (Lipinski definition) is 3. The minimum atomic E-state index is -0.376. The molecule has 3 atom stereocenters. The van der Waals surface area contributed by atoms with Gasteiger partial charge in [-0.25, -0.2) is 0 Å². The molecule has 1 aromatic rings. The maximum absolute atomic E-state index is 12.8. The van der Waals surface area contributed by atoms with Crippen LogP contribution in [-0.2, 0) is 5.41 Å². The van der Waals surface area contributed by atoms with Gasteiger partial charge >= 0.3 is 0 Å². The van der Waals surface area contributed by atoms with Gasteiger partial charge in [-0.15, -0.1) is 0 Å². The molecule has 3 nitrogen and oxygen atoms in total. The Bertz CT molecular complexity index is 659. The van der Waals surface area contributed by atoms with Crippen molar-refractivity contribution in [3.8, 4) is 5.75 Å². The number of aliphatic hydroxyl groups is 1. The molecule has 3 rings (SSSR count). The fourth-order valence-corrected chi connectivity index (χ4v) is 4.91. The minimum Gasteiger partial charge on any atom is -0.508 e. The van der Waals surface area contributed by atoms with Crippen molar-refractivity contribution in [3.05, 3.63) is 28.8 Å². The number of carbonyl (C=O) groups excluding carboxylic acids is 1. The molecule has 2 aliphatic carbocycles. The van der Waals surface area contributed by atoms with Crippen LogP contribution in [0.2, 0.25) is 0 Å². The zero-order chi connectivity index (χ0) is 17.2. The molecule has 3 heteroatoms. The summed E-state index contributed by atoms with van der Waals surface area (Å²) in [5.74, 6) is 0.718. The van der Waals surface area contributed by atoms with Gasteiger partial charge in [-0.05, 0) is 58.8 Å². The number of rotatable bonds is 1. The van der Waals surface area contributed by atoms with E-state index >= 15 is 0 Å². The molecular weight excluding hydrogens is 288 g/mol. The van der Waals surface area contributed by atoms with E-state index in [0.29, 0.717) is 6.42 Å². The number of carbonyl (C=O) groups is 1. The number of aliphatic hydroxyl groups excluding tert-OH is 1. The van der Waals surface area contributed by atoms with Gasteiger partial charge in [0.05, 0.1) is 6.10 Å². The highest BCUT2D eigenvalue weighted by Crippen LogP contribution is 2.57. The summed E-state index contributed by atoms with van der Waals surface area (Å²) in [4.78, 5) is 12.8. The number of benzene rings is 1. The SMILES string of the molecule is CC(C)c1cc2c(cc1O)[C@@]1(C)CC[C@H](O)C(C)(C)[C@@H]1CC2=O. The number of hydrogen-bond donors (Lipinski definition) is 2. The van der Waals surface area contributed by atoms with Gasteiger partial charge in [0.15, 0.2) is 5.78 Å². The van der Waals surface area contributed by atoms with Gasteiger partial charge in [0, 0.05) is 12.0 Å². The molecule has 0 aliphatic heterocycles. The van der Waals surface area contributed by atoms with Crippen molar-refractivity contribution in [2.75, 3.05) is 0 Å². The first-order valence-corrected chi connectivity index (χ1v) is 8.67. The van der Waals surface area contributed by atoms with Gasteiger partial charge in [0.25, 0.3) is 0 Å². The largest absolute Gasteiger partial charge is 0.508 e. The van der Waals surface area contributed by atoms with Crippen LogP contribution in [0, 0.1) is 11.3 Å². The Kier molecular flexibility index (Phi) is 3.64. The maximum atomic E-state index is 12.8. The van der Waals surface area contributed by atoms with Crippen molar-refractivity contribution in [3.63, 3.8) is 0 Å². The lowest BCUT2D eigenvalue weighted by molar-refractivity contribution is -0.0687. The zero-order valence-corrected chi connectivity index (χ0v) is 14.8. The molecule has 0 radical (unpaired) electrons. The third-order valence-corrected chi connectivity index (χ3v) is 6.56. The summed E-state index contributed by atoms with van der Waals surface area (Å²) >= 11 is 0. The van der Waals surface area contributed by atoms with Crippen molar-refractivity contribution >= 4 is 5.78 Å². The van der Waals surface area contributed by atoms with Crippen molar-refractivity contribution in [1.29, 1.82) is 0 Å². The van der Waals surface area contributed by atoms with E-state index in [9.17, 15) is 15.0 Å². The number of aromatic hydroxyl groups is 1. The highest BCUT2D eigenvalue weighted by Gasteiger charge is 2.55. The Morgan fingerprint density at radius 3 is 2.48 bits per heavy atom. The van der Waals surface area contributed by atoms with Crippen molar-refractivity contribution in [2.24, 2.45) is 11.3 Å². The van der Waals surface area contributed by atoms with E-state index in [2.05, 4.69) is 20.8 Å². The van der Waals surface area contributed by atoms with Crippen LogP contribution < -0.4 is 0 Å². The minimum absolute atomic E-state index is 0.100. The van der Waals surface area contributed by atoms with E-state index < -0.39 is 0 Å². The molecule has 2 N–H and O–H groups in total. The highest BCUT2D eigenvalue weighted by molar-refractivity contribution is 6.00. The normalized spacial score (nSPS) is 32.6. The smallest absolute Gasteiger partial charge is 0.163 e. The number of fused-ring (bicyclic) bond motifs is 3. The lowest BCUT2D eigenvalue weighted by Gasteiger charge is -2.55. The fraction of sp³-hybridized carbons (Fsp3) is 0.650. The Labute approximate surface area is 138 Å². The number of Topliss-reactive ketones (excluding diaryl/α,β-unsaturated/α-hetero) is 1. The Balaban J connectivity index is 2.20. The molecular formula is C20H28O3. The van der Waals surface area contributed by atoms with Crippen LogP contribution in [0.4, 0.5) is 0 Å². The first-order chi connectivity index (χ1) is 10.6. The number of phenolic OH excluding ortho intramolecular Hbond substituents is 1. The van der Waals surface area contributed by atoms with E-state index in [0.717, 1.165) is 29.5 Å². The van der Waals surface area contributed by atoms with Crippen LogP contribution in [0.3, 0.4) is 0 Å². The van der Waals surface area contributed by atoms with Crippen LogP contribution in [0.15, 0.2) is 12.1 Å². The second kappa shape index (κ2) is 5.07. The molecule has 1 saturated carbocycles. The monoisotopic (exact) mass is 316 g/mol. The maximum Gasteiger partial charge on any atom is 0.163 e. The summed E-state index contributed by atoms with van der Waals surface area (Å²) in [6.45, 7) is 10.4. The molecule has 0 bridgehead atoms. The number of phenols is 1. The van der Waals surface area contributed by atoms with Crippen LogP contribution in [-0.4, -0.2) is 22.1 Å². The molecule has 0 heterocycles. The first kappa shape index (κ1) is 16.5. The summed E-state index contributed by atoms with van der Waals surface area (Å²) in [6.07, 6.45) is 1.69. The second-order valence-corrected chi connectivity index (χ2v) is 8.58. The molecule has 1 aromatic carbocycles. The van der Waals surface area contributed by atoms with Crippen molar-refractivity contribution in [2.45, 2.75) is 71.3 Å². The molecule has 0 saturated heterocycles. The average molecular weight is 316 g/mol. The Morgan fingerprint density at radius 1 is 1.22 bits per heavy atom. The van der Waals surface area contributed by atoms with Gasteiger partial charge in [0.1, 0.15) is 5.75 Å². The molecule has 126 valence electrons. The first-order valence-electron chi connectivity index (χ1n) is 8.67. The zero-order valence-electron chi connectivity index (χ0n) is 14.8. The van der Waals surface area contributed by atoms with E-state index in [1.807, 2.05) is 26.0 Å². The quantitative estimate of drug-likeness (QED) is 0.818. The van der Waals surface area contributed by atoms with Gasteiger partial charge in [-0.1, -0.05) is 34.6 Å². The predicted molar refractivity (Wildman–Crippen MR) is 91.0 cm³/mol. The second-order valence-electron chi connectivity index (χ2n) is 8.58. The topological polar surface area (TPSA) is 57.5 Å². The van der Waals surface area contributed by atoms with E-state index in [4.69, 9.17) is 0 Å². The van der Waals surface area contributed by atoms with Crippen LogP contribution in [0.5, 0.6) is 5.75 Å². The average Bonchev–Trinajstić information content (AvgIpc) is 2.46. The molecule has 0 spiro atoms. The summed E-state index contributed by atoms with van der Waals surface area (Å²) in [5, 5.41) is 20.9. The highest BCUT2D eigenvalue weighted by atomic mass is 16.3. The molecule has 1 fully saturated rings. The van der Waals surface area contributed by atoms with Gasteiger partial charge in [0.2, 0.25) is 0 Å². The van der Waals surface area contributed by atoms with E-state index in [1.165, 1.54) is 0 Å². The van der Waals surface area contributed by atoms with Crippen molar-refractivity contribution in [1.82, 2.24) is 0 Å². The molecule has 23 heavy (non-hydrogen) atoms. The van der Waals surface area contributed by atoms with Gasteiger partial charge < -0.3 is 10.2 Å². The third-order valence-electron chi connectivity index (χ3n) is 6.56. The van der Waals surface area contributed by atoms with Crippen LogP contribution in [0.25, 0.3) is 0 Å².